The standard InChI is InChI=1S/C7H12F3NO/c1-6-4-12-3-2-11(6)5-7(8,9)10/h6H,2-5H2,1H3/t6-/m1/s1. The summed E-state index contributed by atoms with van der Waals surface area (Å²) < 4.78 is 40.8. The van der Waals surface area contributed by atoms with E-state index in [4.69, 9.17) is 4.74 Å². The zero-order valence-electron chi connectivity index (χ0n) is 6.90. The summed E-state index contributed by atoms with van der Waals surface area (Å²) >= 11 is 0. The molecule has 0 aromatic rings. The van der Waals surface area contributed by atoms with Crippen molar-refractivity contribution in [1.29, 1.82) is 0 Å². The molecule has 0 saturated carbocycles. The highest BCUT2D eigenvalue weighted by Gasteiger charge is 2.33. The van der Waals surface area contributed by atoms with E-state index >= 15 is 0 Å². The zero-order chi connectivity index (χ0) is 9.19. The zero-order valence-corrected chi connectivity index (χ0v) is 6.90. The van der Waals surface area contributed by atoms with Crippen molar-refractivity contribution in [2.24, 2.45) is 0 Å². The van der Waals surface area contributed by atoms with Gasteiger partial charge in [-0.1, -0.05) is 0 Å². The Morgan fingerprint density at radius 1 is 1.50 bits per heavy atom. The lowest BCUT2D eigenvalue weighted by Gasteiger charge is -2.33. The minimum Gasteiger partial charge on any atom is -0.379 e. The van der Waals surface area contributed by atoms with E-state index in [1.165, 1.54) is 4.90 Å². The van der Waals surface area contributed by atoms with E-state index in [0.29, 0.717) is 19.8 Å². The van der Waals surface area contributed by atoms with Gasteiger partial charge < -0.3 is 4.74 Å². The van der Waals surface area contributed by atoms with Gasteiger partial charge in [-0.05, 0) is 6.92 Å². The highest BCUT2D eigenvalue weighted by atomic mass is 19.4. The van der Waals surface area contributed by atoms with Crippen LogP contribution in [0.4, 0.5) is 13.2 Å². The second-order valence-corrected chi connectivity index (χ2v) is 3.01. The molecule has 0 aromatic heterocycles. The van der Waals surface area contributed by atoms with Gasteiger partial charge in [-0.25, -0.2) is 0 Å². The molecule has 0 spiro atoms. The third kappa shape index (κ3) is 2.98. The van der Waals surface area contributed by atoms with Gasteiger partial charge in [-0.2, -0.15) is 13.2 Å². The highest BCUT2D eigenvalue weighted by Crippen LogP contribution is 2.19. The van der Waals surface area contributed by atoms with Crippen LogP contribution in [0.5, 0.6) is 0 Å². The Morgan fingerprint density at radius 3 is 2.67 bits per heavy atom. The van der Waals surface area contributed by atoms with Gasteiger partial charge in [0.1, 0.15) is 0 Å². The van der Waals surface area contributed by atoms with Gasteiger partial charge in [0.25, 0.3) is 0 Å². The number of alkyl halides is 3. The molecule has 1 aliphatic rings. The number of ether oxygens (including phenoxy) is 1. The van der Waals surface area contributed by atoms with Crippen LogP contribution >= 0.6 is 0 Å². The Bertz CT molecular complexity index is 148. The minimum atomic E-state index is -4.09. The van der Waals surface area contributed by atoms with E-state index in [0.717, 1.165) is 0 Å². The predicted octanol–water partition coefficient (Wildman–Crippen LogP) is 1.27. The fourth-order valence-corrected chi connectivity index (χ4v) is 1.23. The molecular formula is C7H12F3NO. The number of hydrogen-bond acceptors (Lipinski definition) is 2. The van der Waals surface area contributed by atoms with Crippen LogP contribution in [-0.2, 0) is 4.74 Å². The second kappa shape index (κ2) is 3.62. The van der Waals surface area contributed by atoms with E-state index in [1.54, 1.807) is 6.92 Å². The molecule has 72 valence electrons. The van der Waals surface area contributed by atoms with Crippen molar-refractivity contribution in [3.63, 3.8) is 0 Å². The van der Waals surface area contributed by atoms with E-state index < -0.39 is 12.7 Å². The van der Waals surface area contributed by atoms with Crippen LogP contribution in [-0.4, -0.2) is 43.4 Å². The third-order valence-corrected chi connectivity index (χ3v) is 1.89. The topological polar surface area (TPSA) is 12.5 Å². The van der Waals surface area contributed by atoms with Crippen LogP contribution in [0.15, 0.2) is 0 Å². The van der Waals surface area contributed by atoms with E-state index in [-0.39, 0.29) is 6.04 Å². The van der Waals surface area contributed by atoms with Crippen LogP contribution in [0.3, 0.4) is 0 Å². The van der Waals surface area contributed by atoms with Crippen LogP contribution in [0.25, 0.3) is 0 Å². The lowest BCUT2D eigenvalue weighted by molar-refractivity contribution is -0.160. The molecule has 1 fully saturated rings. The fraction of sp³-hybridized carbons (Fsp3) is 1.00. The van der Waals surface area contributed by atoms with Gasteiger partial charge in [-0.15, -0.1) is 0 Å². The quantitative estimate of drug-likeness (QED) is 0.607. The molecule has 0 radical (unpaired) electrons. The molecule has 5 heteroatoms. The molecule has 1 heterocycles. The third-order valence-electron chi connectivity index (χ3n) is 1.89. The predicted molar refractivity (Wildman–Crippen MR) is 37.9 cm³/mol. The van der Waals surface area contributed by atoms with Crippen molar-refractivity contribution in [1.82, 2.24) is 4.90 Å². The summed E-state index contributed by atoms with van der Waals surface area (Å²) in [5.74, 6) is 0. The summed E-state index contributed by atoms with van der Waals surface area (Å²) in [4.78, 5) is 1.39. The maximum atomic E-state index is 11.9. The summed E-state index contributed by atoms with van der Waals surface area (Å²) in [5.41, 5.74) is 0. The van der Waals surface area contributed by atoms with Crippen molar-refractivity contribution < 1.29 is 17.9 Å². The lowest BCUT2D eigenvalue weighted by atomic mass is 10.2. The van der Waals surface area contributed by atoms with Crippen LogP contribution in [0.2, 0.25) is 0 Å². The van der Waals surface area contributed by atoms with Gasteiger partial charge in [0, 0.05) is 12.6 Å². The van der Waals surface area contributed by atoms with Crippen molar-refractivity contribution in [2.45, 2.75) is 19.1 Å². The van der Waals surface area contributed by atoms with Crippen molar-refractivity contribution in [3.05, 3.63) is 0 Å². The summed E-state index contributed by atoms with van der Waals surface area (Å²) in [6.45, 7) is 2.10. The van der Waals surface area contributed by atoms with E-state index in [2.05, 4.69) is 0 Å². The summed E-state index contributed by atoms with van der Waals surface area (Å²) in [6, 6.07) is -0.125. The van der Waals surface area contributed by atoms with Gasteiger partial charge in [-0.3, -0.25) is 4.90 Å². The fourth-order valence-electron chi connectivity index (χ4n) is 1.23. The average molecular weight is 183 g/mol. The van der Waals surface area contributed by atoms with Crippen molar-refractivity contribution in [2.75, 3.05) is 26.3 Å². The van der Waals surface area contributed by atoms with Crippen LogP contribution in [0.1, 0.15) is 6.92 Å². The Labute approximate surface area is 69.3 Å². The number of hydrogen-bond donors (Lipinski definition) is 0. The first-order valence-electron chi connectivity index (χ1n) is 3.87. The SMILES string of the molecule is C[C@@H]1COCCN1CC(F)(F)F. The first-order valence-corrected chi connectivity index (χ1v) is 3.87. The molecule has 0 aliphatic carbocycles. The minimum absolute atomic E-state index is 0.125. The molecule has 0 unspecified atom stereocenters. The molecule has 1 aliphatic heterocycles. The Kier molecular flexibility index (Phi) is 2.95. The smallest absolute Gasteiger partial charge is 0.379 e. The first kappa shape index (κ1) is 9.80. The Hall–Kier alpha value is -0.290. The summed E-state index contributed by atoms with van der Waals surface area (Å²) in [5, 5.41) is 0. The molecule has 1 rings (SSSR count). The first-order chi connectivity index (χ1) is 5.49. The average Bonchev–Trinajstić information content (AvgIpc) is 1.91. The largest absolute Gasteiger partial charge is 0.401 e. The number of morpholine rings is 1. The molecule has 0 aromatic carbocycles. The molecule has 2 nitrogen and oxygen atoms in total. The lowest BCUT2D eigenvalue weighted by Crippen LogP contribution is -2.47. The molecular weight excluding hydrogens is 171 g/mol. The van der Waals surface area contributed by atoms with E-state index in [9.17, 15) is 13.2 Å². The van der Waals surface area contributed by atoms with Gasteiger partial charge in [0.2, 0.25) is 0 Å². The summed E-state index contributed by atoms with van der Waals surface area (Å²) in [6.07, 6.45) is -4.09. The number of nitrogens with zero attached hydrogens (tertiary/aromatic N) is 1. The van der Waals surface area contributed by atoms with Gasteiger partial charge >= 0.3 is 6.18 Å². The van der Waals surface area contributed by atoms with Crippen LogP contribution < -0.4 is 0 Å². The molecule has 12 heavy (non-hydrogen) atoms. The highest BCUT2D eigenvalue weighted by molar-refractivity contribution is 4.73. The maximum absolute atomic E-state index is 11.9. The monoisotopic (exact) mass is 183 g/mol. The Morgan fingerprint density at radius 2 is 2.17 bits per heavy atom. The Balaban J connectivity index is 2.39. The molecule has 0 bridgehead atoms. The van der Waals surface area contributed by atoms with Gasteiger partial charge in [0.05, 0.1) is 19.8 Å². The maximum Gasteiger partial charge on any atom is 0.401 e. The molecule has 0 amide bonds. The van der Waals surface area contributed by atoms with Crippen molar-refractivity contribution >= 4 is 0 Å². The van der Waals surface area contributed by atoms with E-state index in [1.807, 2.05) is 0 Å². The second-order valence-electron chi connectivity index (χ2n) is 3.01. The molecule has 0 N–H and O–H groups in total. The van der Waals surface area contributed by atoms with Gasteiger partial charge in [0.15, 0.2) is 0 Å². The number of halogens is 3. The van der Waals surface area contributed by atoms with Crippen molar-refractivity contribution in [3.8, 4) is 0 Å². The summed E-state index contributed by atoms with van der Waals surface area (Å²) in [7, 11) is 0. The number of rotatable bonds is 1. The normalized spacial score (nSPS) is 27.5. The van der Waals surface area contributed by atoms with Crippen LogP contribution in [0, 0.1) is 0 Å². The molecule has 1 atom stereocenters. The molecule has 1 saturated heterocycles.